The first-order valence-electron chi connectivity index (χ1n) is 13.9. The molecule has 1 fully saturated rings. The van der Waals surface area contributed by atoms with Crippen molar-refractivity contribution in [3.05, 3.63) is 107 Å². The summed E-state index contributed by atoms with van der Waals surface area (Å²) in [5.41, 5.74) is 1.20. The van der Waals surface area contributed by atoms with Crippen molar-refractivity contribution < 1.29 is 13.2 Å². The van der Waals surface area contributed by atoms with E-state index < -0.39 is 10.0 Å². The summed E-state index contributed by atoms with van der Waals surface area (Å²) in [7, 11) is -3.67. The first-order valence-corrected chi connectivity index (χ1v) is 15.3. The van der Waals surface area contributed by atoms with Gasteiger partial charge in [0, 0.05) is 31.6 Å². The van der Waals surface area contributed by atoms with Gasteiger partial charge in [-0.1, -0.05) is 48.5 Å². The lowest BCUT2D eigenvalue weighted by Gasteiger charge is -2.37. The average molecular weight is 569 g/mol. The number of para-hydroxylation sites is 1. The SMILES string of the molecule is CCOc1ccc(-n2c(C(C)N3CCN(S(=O)(=O)c4cccc5ccccc45)CC3)nc3ccccc3c2=O)cc1. The highest BCUT2D eigenvalue weighted by Gasteiger charge is 2.32. The summed E-state index contributed by atoms with van der Waals surface area (Å²) in [5.74, 6) is 1.35. The lowest BCUT2D eigenvalue weighted by atomic mass is 10.1. The molecule has 1 aliphatic rings. The normalized spacial score (nSPS) is 15.8. The Morgan fingerprint density at radius 1 is 0.829 bits per heavy atom. The second-order valence-corrected chi connectivity index (χ2v) is 12.1. The lowest BCUT2D eigenvalue weighted by molar-refractivity contribution is 0.140. The molecule has 41 heavy (non-hydrogen) atoms. The summed E-state index contributed by atoms with van der Waals surface area (Å²) in [6.45, 7) is 6.22. The van der Waals surface area contributed by atoms with E-state index in [2.05, 4.69) is 4.90 Å². The largest absolute Gasteiger partial charge is 0.494 e. The quantitative estimate of drug-likeness (QED) is 0.275. The van der Waals surface area contributed by atoms with Crippen LogP contribution in [0.2, 0.25) is 0 Å². The van der Waals surface area contributed by atoms with Gasteiger partial charge < -0.3 is 4.74 Å². The van der Waals surface area contributed by atoms with Crippen LogP contribution in [0, 0.1) is 0 Å². The molecule has 0 saturated carbocycles. The standard InChI is InChI=1S/C32H32N4O4S/c1-3-40-26-17-15-25(16-18-26)36-31(33-29-13-7-6-12-28(29)32(36)37)23(2)34-19-21-35(22-20-34)41(38,39)30-14-8-10-24-9-4-5-11-27(24)30/h4-18,23H,3,19-22H2,1-2H3. The Morgan fingerprint density at radius 2 is 1.49 bits per heavy atom. The van der Waals surface area contributed by atoms with Crippen molar-refractivity contribution in [1.82, 2.24) is 18.8 Å². The van der Waals surface area contributed by atoms with Gasteiger partial charge in [0.2, 0.25) is 10.0 Å². The molecule has 1 aromatic heterocycles. The molecule has 1 saturated heterocycles. The minimum Gasteiger partial charge on any atom is -0.494 e. The Bertz CT molecular complexity index is 1870. The number of benzene rings is 4. The smallest absolute Gasteiger partial charge is 0.266 e. The Morgan fingerprint density at radius 3 is 2.22 bits per heavy atom. The van der Waals surface area contributed by atoms with Crippen molar-refractivity contribution in [3.8, 4) is 11.4 Å². The van der Waals surface area contributed by atoms with Gasteiger partial charge in [0.05, 0.1) is 34.1 Å². The van der Waals surface area contributed by atoms with Gasteiger partial charge in [-0.3, -0.25) is 14.3 Å². The second kappa shape index (κ2) is 11.1. The third kappa shape index (κ3) is 5.01. The van der Waals surface area contributed by atoms with Crippen molar-refractivity contribution in [3.63, 3.8) is 0 Å². The van der Waals surface area contributed by atoms with Crippen LogP contribution in [-0.4, -0.2) is 60.0 Å². The summed E-state index contributed by atoms with van der Waals surface area (Å²) in [5, 5.41) is 2.17. The first kappa shape index (κ1) is 27.1. The fourth-order valence-electron chi connectivity index (χ4n) is 5.59. The van der Waals surface area contributed by atoms with Crippen molar-refractivity contribution in [1.29, 1.82) is 0 Å². The van der Waals surface area contributed by atoms with Crippen LogP contribution in [-0.2, 0) is 10.0 Å². The maximum Gasteiger partial charge on any atom is 0.266 e. The highest BCUT2D eigenvalue weighted by atomic mass is 32.2. The van der Waals surface area contributed by atoms with E-state index in [0.717, 1.165) is 16.5 Å². The maximum absolute atomic E-state index is 13.8. The van der Waals surface area contributed by atoms with Crippen molar-refractivity contribution >= 4 is 31.7 Å². The van der Waals surface area contributed by atoms with Crippen LogP contribution in [0.1, 0.15) is 25.7 Å². The summed E-state index contributed by atoms with van der Waals surface area (Å²) >= 11 is 0. The average Bonchev–Trinajstić information content (AvgIpc) is 3.01. The zero-order chi connectivity index (χ0) is 28.6. The molecule has 9 heteroatoms. The highest BCUT2D eigenvalue weighted by Crippen LogP contribution is 2.29. The van der Waals surface area contributed by atoms with E-state index in [1.165, 1.54) is 0 Å². The number of aromatic nitrogens is 2. The van der Waals surface area contributed by atoms with E-state index in [-0.39, 0.29) is 11.6 Å². The fourth-order valence-corrected chi connectivity index (χ4v) is 7.23. The van der Waals surface area contributed by atoms with Gasteiger partial charge in [-0.25, -0.2) is 13.4 Å². The number of piperazine rings is 1. The fraction of sp³-hybridized carbons (Fsp3) is 0.250. The van der Waals surface area contributed by atoms with Crippen LogP contribution < -0.4 is 10.3 Å². The summed E-state index contributed by atoms with van der Waals surface area (Å²) < 4.78 is 36.2. The molecule has 0 bridgehead atoms. The van der Waals surface area contributed by atoms with E-state index >= 15 is 0 Å². The molecule has 0 spiro atoms. The lowest BCUT2D eigenvalue weighted by Crippen LogP contribution is -2.49. The molecule has 5 aromatic rings. The van der Waals surface area contributed by atoms with E-state index in [1.54, 1.807) is 27.1 Å². The number of hydrogen-bond acceptors (Lipinski definition) is 6. The molecule has 8 nitrogen and oxygen atoms in total. The number of hydrogen-bond donors (Lipinski definition) is 0. The molecular weight excluding hydrogens is 536 g/mol. The highest BCUT2D eigenvalue weighted by molar-refractivity contribution is 7.89. The minimum absolute atomic E-state index is 0.140. The number of nitrogens with zero attached hydrogens (tertiary/aromatic N) is 4. The molecule has 6 rings (SSSR count). The summed E-state index contributed by atoms with van der Waals surface area (Å²) in [4.78, 5) is 21.3. The van der Waals surface area contributed by atoms with Gasteiger partial charge in [0.15, 0.2) is 0 Å². The molecule has 0 radical (unpaired) electrons. The Kier molecular flexibility index (Phi) is 7.33. The van der Waals surface area contributed by atoms with E-state index in [0.29, 0.717) is 60.1 Å². The molecule has 0 aliphatic carbocycles. The zero-order valence-electron chi connectivity index (χ0n) is 23.1. The molecule has 210 valence electrons. The third-order valence-corrected chi connectivity index (χ3v) is 9.73. The molecular formula is C32H32N4O4S. The topological polar surface area (TPSA) is 84.7 Å². The minimum atomic E-state index is -3.67. The monoisotopic (exact) mass is 568 g/mol. The van der Waals surface area contributed by atoms with Crippen LogP contribution in [0.25, 0.3) is 27.4 Å². The van der Waals surface area contributed by atoms with Gasteiger partial charge >= 0.3 is 0 Å². The predicted molar refractivity (Wildman–Crippen MR) is 161 cm³/mol. The third-order valence-electron chi connectivity index (χ3n) is 7.77. The molecule has 4 aromatic carbocycles. The second-order valence-electron chi connectivity index (χ2n) is 10.1. The molecule has 2 heterocycles. The molecule has 0 N–H and O–H groups in total. The molecule has 1 aliphatic heterocycles. The summed E-state index contributed by atoms with van der Waals surface area (Å²) in [6.07, 6.45) is 0. The van der Waals surface area contributed by atoms with Crippen molar-refractivity contribution in [2.45, 2.75) is 24.8 Å². The van der Waals surface area contributed by atoms with Crippen LogP contribution >= 0.6 is 0 Å². The Balaban J connectivity index is 1.31. The van der Waals surface area contributed by atoms with Crippen LogP contribution in [0.15, 0.2) is 101 Å². The van der Waals surface area contributed by atoms with Crippen molar-refractivity contribution in [2.75, 3.05) is 32.8 Å². The van der Waals surface area contributed by atoms with Crippen LogP contribution in [0.3, 0.4) is 0 Å². The Hall–Kier alpha value is -4.05. The van der Waals surface area contributed by atoms with Gasteiger partial charge in [0.1, 0.15) is 11.6 Å². The van der Waals surface area contributed by atoms with Gasteiger partial charge in [-0.15, -0.1) is 0 Å². The molecule has 1 unspecified atom stereocenters. The van der Waals surface area contributed by atoms with Crippen molar-refractivity contribution in [2.24, 2.45) is 0 Å². The van der Waals surface area contributed by atoms with Crippen LogP contribution in [0.5, 0.6) is 5.75 Å². The number of fused-ring (bicyclic) bond motifs is 2. The zero-order valence-corrected chi connectivity index (χ0v) is 23.9. The number of sulfonamides is 1. The van der Waals surface area contributed by atoms with Gasteiger partial charge in [-0.2, -0.15) is 4.31 Å². The maximum atomic E-state index is 13.8. The number of ether oxygens (including phenoxy) is 1. The predicted octanol–water partition coefficient (Wildman–Crippen LogP) is 5.01. The first-order chi connectivity index (χ1) is 19.9. The van der Waals surface area contributed by atoms with E-state index in [9.17, 15) is 13.2 Å². The van der Waals surface area contributed by atoms with Gasteiger partial charge in [-0.05, 0) is 61.7 Å². The van der Waals surface area contributed by atoms with Gasteiger partial charge in [0.25, 0.3) is 5.56 Å². The Labute approximate surface area is 239 Å². The van der Waals surface area contributed by atoms with Crippen LogP contribution in [0.4, 0.5) is 0 Å². The molecule has 1 atom stereocenters. The summed E-state index contributed by atoms with van der Waals surface area (Å²) in [6, 6.07) is 27.5. The van der Waals surface area contributed by atoms with E-state index in [4.69, 9.17) is 9.72 Å². The van der Waals surface area contributed by atoms with E-state index in [1.807, 2.05) is 86.6 Å². The molecule has 0 amide bonds. The number of rotatable bonds is 7.